The highest BCUT2D eigenvalue weighted by atomic mass is 35.5. The number of benzene rings is 1. The molecule has 0 aliphatic carbocycles. The predicted octanol–water partition coefficient (Wildman–Crippen LogP) is 2.71. The minimum atomic E-state index is -0.0642. The summed E-state index contributed by atoms with van der Waals surface area (Å²) in [6.45, 7) is 5.43. The van der Waals surface area contributed by atoms with E-state index >= 15 is 0 Å². The Balaban J connectivity index is 1.55. The molecule has 0 radical (unpaired) electrons. The number of nitrogens with zero attached hydrogens (tertiary/aromatic N) is 4. The van der Waals surface area contributed by atoms with Crippen LogP contribution in [0.3, 0.4) is 0 Å². The summed E-state index contributed by atoms with van der Waals surface area (Å²) < 4.78 is 7.86. The number of nitrogens with one attached hydrogen (secondary N) is 2. The SMILES string of the molecule is CN=C(NCC(C)Oc1ccccc1Cl)NC1CCCn2nc(C)nc21. The molecule has 0 spiro atoms. The third-order valence-electron chi connectivity index (χ3n) is 4.24. The van der Waals surface area contributed by atoms with E-state index in [2.05, 4.69) is 25.7 Å². The second-order valence-electron chi connectivity index (χ2n) is 6.39. The summed E-state index contributed by atoms with van der Waals surface area (Å²) in [7, 11) is 1.76. The Morgan fingerprint density at radius 2 is 2.27 bits per heavy atom. The molecule has 2 N–H and O–H groups in total. The van der Waals surface area contributed by atoms with Crippen LogP contribution in [0.1, 0.15) is 37.5 Å². The molecule has 0 fully saturated rings. The molecule has 1 aromatic heterocycles. The van der Waals surface area contributed by atoms with Gasteiger partial charge in [-0.05, 0) is 38.8 Å². The lowest BCUT2D eigenvalue weighted by atomic mass is 10.1. The van der Waals surface area contributed by atoms with Crippen LogP contribution in [-0.4, -0.2) is 40.4 Å². The minimum Gasteiger partial charge on any atom is -0.487 e. The molecule has 2 aromatic rings. The average molecular weight is 377 g/mol. The Kier molecular flexibility index (Phi) is 5.98. The van der Waals surface area contributed by atoms with Crippen molar-refractivity contribution in [3.63, 3.8) is 0 Å². The Morgan fingerprint density at radius 3 is 3.04 bits per heavy atom. The molecule has 140 valence electrons. The number of rotatable bonds is 5. The molecule has 1 aromatic carbocycles. The van der Waals surface area contributed by atoms with Gasteiger partial charge in [0.2, 0.25) is 0 Å². The summed E-state index contributed by atoms with van der Waals surface area (Å²) in [5.41, 5.74) is 0. The molecule has 3 rings (SSSR count). The lowest BCUT2D eigenvalue weighted by Crippen LogP contribution is -2.44. The molecule has 1 aliphatic rings. The molecule has 0 saturated carbocycles. The Hall–Kier alpha value is -2.28. The van der Waals surface area contributed by atoms with E-state index in [0.717, 1.165) is 37.0 Å². The average Bonchev–Trinajstić information content (AvgIpc) is 3.01. The van der Waals surface area contributed by atoms with E-state index < -0.39 is 0 Å². The number of fused-ring (bicyclic) bond motifs is 1. The standard InChI is InChI=1S/C18H25ClN6O/c1-12(26-16-9-5-4-7-14(16)19)11-21-18(20-3)23-15-8-6-10-25-17(15)22-13(2)24-25/h4-5,7,9,12,15H,6,8,10-11H2,1-3H3,(H2,20,21,23). The van der Waals surface area contributed by atoms with Gasteiger partial charge in [0.1, 0.15) is 23.5 Å². The molecule has 7 nitrogen and oxygen atoms in total. The highest BCUT2D eigenvalue weighted by Gasteiger charge is 2.24. The Morgan fingerprint density at radius 1 is 1.46 bits per heavy atom. The summed E-state index contributed by atoms with van der Waals surface area (Å²) in [6.07, 6.45) is 2.01. The van der Waals surface area contributed by atoms with Crippen molar-refractivity contribution in [2.75, 3.05) is 13.6 Å². The zero-order valence-corrected chi connectivity index (χ0v) is 16.1. The number of aliphatic imine (C=N–C) groups is 1. The van der Waals surface area contributed by atoms with Crippen molar-refractivity contribution in [1.82, 2.24) is 25.4 Å². The Labute approximate surface area is 158 Å². The van der Waals surface area contributed by atoms with Crippen molar-refractivity contribution >= 4 is 17.6 Å². The van der Waals surface area contributed by atoms with Gasteiger partial charge in [-0.3, -0.25) is 4.99 Å². The van der Waals surface area contributed by atoms with Crippen molar-refractivity contribution in [2.24, 2.45) is 4.99 Å². The number of aromatic nitrogens is 3. The monoisotopic (exact) mass is 376 g/mol. The first-order valence-corrected chi connectivity index (χ1v) is 9.24. The number of aryl methyl sites for hydroxylation is 2. The zero-order chi connectivity index (χ0) is 18.5. The van der Waals surface area contributed by atoms with E-state index in [0.29, 0.717) is 17.3 Å². The fourth-order valence-corrected chi connectivity index (χ4v) is 3.18. The topological polar surface area (TPSA) is 76.4 Å². The molecule has 1 aliphatic heterocycles. The quantitative estimate of drug-likeness (QED) is 0.619. The van der Waals surface area contributed by atoms with E-state index in [4.69, 9.17) is 16.3 Å². The van der Waals surface area contributed by atoms with Crippen molar-refractivity contribution < 1.29 is 4.74 Å². The van der Waals surface area contributed by atoms with E-state index in [1.54, 1.807) is 7.05 Å². The van der Waals surface area contributed by atoms with Gasteiger partial charge in [-0.15, -0.1) is 0 Å². The smallest absolute Gasteiger partial charge is 0.191 e. The lowest BCUT2D eigenvalue weighted by molar-refractivity contribution is 0.223. The molecule has 2 atom stereocenters. The number of guanidine groups is 1. The van der Waals surface area contributed by atoms with Gasteiger partial charge in [0, 0.05) is 13.6 Å². The largest absolute Gasteiger partial charge is 0.487 e. The molecule has 2 heterocycles. The van der Waals surface area contributed by atoms with Crippen molar-refractivity contribution in [3.05, 3.63) is 40.9 Å². The maximum Gasteiger partial charge on any atom is 0.191 e. The van der Waals surface area contributed by atoms with Gasteiger partial charge in [0.05, 0.1) is 17.6 Å². The summed E-state index contributed by atoms with van der Waals surface area (Å²) in [6, 6.07) is 7.58. The highest BCUT2D eigenvalue weighted by molar-refractivity contribution is 6.32. The minimum absolute atomic E-state index is 0.0642. The van der Waals surface area contributed by atoms with E-state index in [1.807, 2.05) is 42.8 Å². The van der Waals surface area contributed by atoms with Gasteiger partial charge in [0.25, 0.3) is 0 Å². The van der Waals surface area contributed by atoms with E-state index in [9.17, 15) is 0 Å². The number of hydrogen-bond acceptors (Lipinski definition) is 4. The predicted molar refractivity (Wildman–Crippen MR) is 103 cm³/mol. The first-order valence-electron chi connectivity index (χ1n) is 8.86. The Bertz CT molecular complexity index is 775. The van der Waals surface area contributed by atoms with Crippen LogP contribution in [0.15, 0.2) is 29.3 Å². The highest BCUT2D eigenvalue weighted by Crippen LogP contribution is 2.24. The fourth-order valence-electron chi connectivity index (χ4n) is 3.00. The molecule has 0 amide bonds. The zero-order valence-electron chi connectivity index (χ0n) is 15.4. The van der Waals surface area contributed by atoms with Crippen LogP contribution < -0.4 is 15.4 Å². The molecule has 0 bridgehead atoms. The number of ether oxygens (including phenoxy) is 1. The molecule has 2 unspecified atom stereocenters. The van der Waals surface area contributed by atoms with E-state index in [1.165, 1.54) is 0 Å². The van der Waals surface area contributed by atoms with Crippen LogP contribution in [0.2, 0.25) is 5.02 Å². The van der Waals surface area contributed by atoms with Gasteiger partial charge in [-0.2, -0.15) is 5.10 Å². The van der Waals surface area contributed by atoms with Crippen molar-refractivity contribution in [1.29, 1.82) is 0 Å². The molecule has 26 heavy (non-hydrogen) atoms. The van der Waals surface area contributed by atoms with Gasteiger partial charge >= 0.3 is 0 Å². The molecule has 8 heteroatoms. The second kappa shape index (κ2) is 8.40. The molecular weight excluding hydrogens is 352 g/mol. The first kappa shape index (κ1) is 18.5. The number of halogens is 1. The van der Waals surface area contributed by atoms with Crippen LogP contribution >= 0.6 is 11.6 Å². The van der Waals surface area contributed by atoms with Crippen LogP contribution in [0.5, 0.6) is 5.75 Å². The number of para-hydroxylation sites is 1. The first-order chi connectivity index (χ1) is 12.6. The van der Waals surface area contributed by atoms with Gasteiger partial charge < -0.3 is 15.4 Å². The third-order valence-corrected chi connectivity index (χ3v) is 4.55. The van der Waals surface area contributed by atoms with Crippen LogP contribution in [0.4, 0.5) is 0 Å². The van der Waals surface area contributed by atoms with Crippen LogP contribution in [0.25, 0.3) is 0 Å². The summed E-state index contributed by atoms with van der Waals surface area (Å²) in [4.78, 5) is 8.86. The normalized spacial score (nSPS) is 18.2. The van der Waals surface area contributed by atoms with Gasteiger partial charge in [0.15, 0.2) is 5.96 Å². The third kappa shape index (κ3) is 4.46. The number of hydrogen-bond donors (Lipinski definition) is 2. The summed E-state index contributed by atoms with van der Waals surface area (Å²) in [5, 5.41) is 11.8. The van der Waals surface area contributed by atoms with Gasteiger partial charge in [-0.1, -0.05) is 23.7 Å². The van der Waals surface area contributed by atoms with E-state index in [-0.39, 0.29) is 12.1 Å². The maximum absolute atomic E-state index is 6.14. The maximum atomic E-state index is 6.14. The summed E-state index contributed by atoms with van der Waals surface area (Å²) >= 11 is 6.14. The fraction of sp³-hybridized carbons (Fsp3) is 0.500. The van der Waals surface area contributed by atoms with Crippen LogP contribution in [0, 0.1) is 6.92 Å². The molecular formula is C18H25ClN6O. The van der Waals surface area contributed by atoms with Crippen molar-refractivity contribution in [2.45, 2.75) is 45.4 Å². The molecule has 0 saturated heterocycles. The summed E-state index contributed by atoms with van der Waals surface area (Å²) in [5.74, 6) is 3.18. The van der Waals surface area contributed by atoms with Gasteiger partial charge in [-0.25, -0.2) is 9.67 Å². The second-order valence-corrected chi connectivity index (χ2v) is 6.80. The van der Waals surface area contributed by atoms with Crippen LogP contribution in [-0.2, 0) is 6.54 Å². The van der Waals surface area contributed by atoms with Crippen molar-refractivity contribution in [3.8, 4) is 5.75 Å². The lowest BCUT2D eigenvalue weighted by Gasteiger charge is -2.25.